The number of carbonyl (C=O) groups is 4. The number of anilines is 2. The van der Waals surface area contributed by atoms with Crippen LogP contribution in [-0.2, 0) is 9.53 Å². The van der Waals surface area contributed by atoms with Crippen LogP contribution in [-0.4, -0.2) is 29.9 Å². The fourth-order valence-corrected chi connectivity index (χ4v) is 2.39. The summed E-state index contributed by atoms with van der Waals surface area (Å²) in [6.45, 7) is 5.13. The standard InChI is InChI=1S/C21H22N2O6/c1-4-18(24)22-15-9-10-16(20(26)27)17(11-15)23-19(25)13-5-7-14(8-6-13)21(28)29-12(2)3/h5-12H,4H2,1-3H3,(H,22,24)(H,23,25)(H,26,27)/p-1. The van der Waals surface area contributed by atoms with Crippen LogP contribution in [0.3, 0.4) is 0 Å². The molecule has 2 aromatic rings. The summed E-state index contributed by atoms with van der Waals surface area (Å²) in [5.74, 6) is -2.83. The van der Waals surface area contributed by atoms with E-state index in [4.69, 9.17) is 4.74 Å². The first-order valence-electron chi connectivity index (χ1n) is 8.99. The van der Waals surface area contributed by atoms with Gasteiger partial charge in [0, 0.05) is 23.2 Å². The lowest BCUT2D eigenvalue weighted by Gasteiger charge is -2.14. The molecule has 0 fully saturated rings. The summed E-state index contributed by atoms with van der Waals surface area (Å²) < 4.78 is 5.08. The van der Waals surface area contributed by atoms with Gasteiger partial charge in [-0.05, 0) is 56.3 Å². The molecule has 0 saturated heterocycles. The summed E-state index contributed by atoms with van der Waals surface area (Å²) in [7, 11) is 0. The average molecular weight is 397 g/mol. The Bertz CT molecular complexity index is 935. The van der Waals surface area contributed by atoms with E-state index in [-0.39, 0.29) is 40.8 Å². The molecule has 0 heterocycles. The van der Waals surface area contributed by atoms with Crippen LogP contribution in [0.25, 0.3) is 0 Å². The zero-order valence-corrected chi connectivity index (χ0v) is 16.3. The Labute approximate surface area is 167 Å². The van der Waals surface area contributed by atoms with Crippen LogP contribution >= 0.6 is 0 Å². The van der Waals surface area contributed by atoms with E-state index in [0.717, 1.165) is 0 Å². The molecule has 8 nitrogen and oxygen atoms in total. The summed E-state index contributed by atoms with van der Waals surface area (Å²) in [5, 5.41) is 16.4. The number of nitrogens with one attached hydrogen (secondary N) is 2. The van der Waals surface area contributed by atoms with E-state index in [1.165, 1.54) is 42.5 Å². The second-order valence-electron chi connectivity index (χ2n) is 6.44. The molecule has 0 atom stereocenters. The third-order valence-corrected chi connectivity index (χ3v) is 3.82. The molecule has 0 radical (unpaired) electrons. The first-order valence-corrected chi connectivity index (χ1v) is 8.99. The van der Waals surface area contributed by atoms with Crippen LogP contribution in [0, 0.1) is 0 Å². The number of amides is 2. The predicted octanol–water partition coefficient (Wildman–Crippen LogP) is 2.22. The molecule has 0 spiro atoms. The molecular formula is C21H21N2O6-. The normalized spacial score (nSPS) is 10.3. The van der Waals surface area contributed by atoms with Crippen LogP contribution in [0.5, 0.6) is 0 Å². The molecule has 8 heteroatoms. The number of benzene rings is 2. The van der Waals surface area contributed by atoms with Gasteiger partial charge in [0.2, 0.25) is 5.91 Å². The number of ether oxygens (including phenoxy) is 1. The van der Waals surface area contributed by atoms with Gasteiger partial charge in [-0.15, -0.1) is 0 Å². The van der Waals surface area contributed by atoms with Gasteiger partial charge in [0.25, 0.3) is 5.91 Å². The molecule has 2 N–H and O–H groups in total. The molecule has 0 aliphatic carbocycles. The molecular weight excluding hydrogens is 376 g/mol. The minimum Gasteiger partial charge on any atom is -0.545 e. The summed E-state index contributed by atoms with van der Waals surface area (Å²) in [6.07, 6.45) is -0.0239. The SMILES string of the molecule is CCC(=O)Nc1ccc(C(=O)[O-])c(NC(=O)c2ccc(C(=O)OC(C)C)cc2)c1. The van der Waals surface area contributed by atoms with Crippen molar-refractivity contribution in [3.05, 3.63) is 59.2 Å². The monoisotopic (exact) mass is 397 g/mol. The van der Waals surface area contributed by atoms with Gasteiger partial charge in [0.05, 0.1) is 23.3 Å². The van der Waals surface area contributed by atoms with Crippen LogP contribution < -0.4 is 15.7 Å². The minimum absolute atomic E-state index is 0.0211. The molecule has 2 rings (SSSR count). The Morgan fingerprint density at radius 1 is 0.966 bits per heavy atom. The van der Waals surface area contributed by atoms with Gasteiger partial charge in [-0.2, -0.15) is 0 Å². The van der Waals surface area contributed by atoms with Crippen molar-refractivity contribution in [2.24, 2.45) is 0 Å². The maximum atomic E-state index is 12.5. The molecule has 152 valence electrons. The van der Waals surface area contributed by atoms with Crippen molar-refractivity contribution in [1.29, 1.82) is 0 Å². The number of carbonyl (C=O) groups excluding carboxylic acids is 4. The van der Waals surface area contributed by atoms with Gasteiger partial charge < -0.3 is 25.3 Å². The van der Waals surface area contributed by atoms with Crippen molar-refractivity contribution in [3.8, 4) is 0 Å². The van der Waals surface area contributed by atoms with Gasteiger partial charge in [-0.3, -0.25) is 9.59 Å². The van der Waals surface area contributed by atoms with Crippen molar-refractivity contribution >= 4 is 35.1 Å². The summed E-state index contributed by atoms with van der Waals surface area (Å²) >= 11 is 0. The van der Waals surface area contributed by atoms with E-state index in [1.54, 1.807) is 20.8 Å². The van der Waals surface area contributed by atoms with Gasteiger partial charge in [0.15, 0.2) is 0 Å². The fourth-order valence-electron chi connectivity index (χ4n) is 2.39. The number of carboxylic acid groups (broad SMARTS) is 1. The fraction of sp³-hybridized carbons (Fsp3) is 0.238. The Kier molecular flexibility index (Phi) is 7.08. The summed E-state index contributed by atoms with van der Waals surface area (Å²) in [4.78, 5) is 47.3. The molecule has 0 aliphatic rings. The zero-order chi connectivity index (χ0) is 21.6. The molecule has 2 amide bonds. The van der Waals surface area contributed by atoms with Crippen LogP contribution in [0.4, 0.5) is 11.4 Å². The lowest BCUT2D eigenvalue weighted by atomic mass is 10.1. The first kappa shape index (κ1) is 21.6. The maximum Gasteiger partial charge on any atom is 0.338 e. The molecule has 0 aromatic heterocycles. The van der Waals surface area contributed by atoms with E-state index in [0.29, 0.717) is 5.69 Å². The first-order chi connectivity index (χ1) is 13.7. The number of esters is 1. The van der Waals surface area contributed by atoms with Crippen LogP contribution in [0.2, 0.25) is 0 Å². The number of hydrogen-bond donors (Lipinski definition) is 2. The van der Waals surface area contributed by atoms with E-state index in [2.05, 4.69) is 10.6 Å². The topological polar surface area (TPSA) is 125 Å². The number of aromatic carboxylic acids is 1. The number of carboxylic acids is 1. The van der Waals surface area contributed by atoms with Crippen molar-refractivity contribution in [2.75, 3.05) is 10.6 Å². The van der Waals surface area contributed by atoms with Gasteiger partial charge in [-0.25, -0.2) is 4.79 Å². The Hall–Kier alpha value is -3.68. The highest BCUT2D eigenvalue weighted by molar-refractivity contribution is 6.08. The largest absolute Gasteiger partial charge is 0.545 e. The highest BCUT2D eigenvalue weighted by Crippen LogP contribution is 2.22. The van der Waals surface area contributed by atoms with Crippen molar-refractivity contribution < 1.29 is 29.0 Å². The van der Waals surface area contributed by atoms with E-state index in [9.17, 15) is 24.3 Å². The van der Waals surface area contributed by atoms with Crippen molar-refractivity contribution in [2.45, 2.75) is 33.3 Å². The van der Waals surface area contributed by atoms with Crippen molar-refractivity contribution in [3.63, 3.8) is 0 Å². The molecule has 0 unspecified atom stereocenters. The van der Waals surface area contributed by atoms with Gasteiger partial charge in [0.1, 0.15) is 0 Å². The highest BCUT2D eigenvalue weighted by atomic mass is 16.5. The average Bonchev–Trinajstić information content (AvgIpc) is 2.67. The van der Waals surface area contributed by atoms with E-state index >= 15 is 0 Å². The zero-order valence-electron chi connectivity index (χ0n) is 16.3. The Balaban J connectivity index is 2.22. The molecule has 0 saturated carbocycles. The van der Waals surface area contributed by atoms with Gasteiger partial charge >= 0.3 is 5.97 Å². The second kappa shape index (κ2) is 9.50. The highest BCUT2D eigenvalue weighted by Gasteiger charge is 2.14. The van der Waals surface area contributed by atoms with E-state index in [1.807, 2.05) is 0 Å². The Morgan fingerprint density at radius 3 is 2.14 bits per heavy atom. The molecule has 29 heavy (non-hydrogen) atoms. The number of hydrogen-bond acceptors (Lipinski definition) is 6. The predicted molar refractivity (Wildman–Crippen MR) is 105 cm³/mol. The number of rotatable bonds is 7. The quantitative estimate of drug-likeness (QED) is 0.690. The van der Waals surface area contributed by atoms with Gasteiger partial charge in [-0.1, -0.05) is 6.92 Å². The van der Waals surface area contributed by atoms with Crippen molar-refractivity contribution in [1.82, 2.24) is 0 Å². The van der Waals surface area contributed by atoms with Crippen LogP contribution in [0.1, 0.15) is 58.3 Å². The molecule has 2 aromatic carbocycles. The molecule has 0 bridgehead atoms. The lowest BCUT2D eigenvalue weighted by Crippen LogP contribution is -2.25. The molecule has 0 aliphatic heterocycles. The summed E-state index contributed by atoms with van der Waals surface area (Å²) in [6, 6.07) is 9.71. The Morgan fingerprint density at radius 2 is 1.59 bits per heavy atom. The smallest absolute Gasteiger partial charge is 0.338 e. The van der Waals surface area contributed by atoms with E-state index < -0.39 is 17.8 Å². The second-order valence-corrected chi connectivity index (χ2v) is 6.44. The third-order valence-electron chi connectivity index (χ3n) is 3.82. The third kappa shape index (κ3) is 5.90. The minimum atomic E-state index is -1.47. The maximum absolute atomic E-state index is 12.5. The lowest BCUT2D eigenvalue weighted by molar-refractivity contribution is -0.254. The summed E-state index contributed by atoms with van der Waals surface area (Å²) in [5.41, 5.74) is 0.578. The van der Waals surface area contributed by atoms with Crippen LogP contribution in [0.15, 0.2) is 42.5 Å².